The lowest BCUT2D eigenvalue weighted by Gasteiger charge is -2.20. The number of unbranched alkanes of at least 4 members (excludes halogenated alkanes) is 33. The van der Waals surface area contributed by atoms with E-state index in [0.717, 1.165) is 64.2 Å². The number of amides is 1. The molecular formula is C57H105NO5. The first-order valence-corrected chi connectivity index (χ1v) is 27.4. The van der Waals surface area contributed by atoms with Crippen LogP contribution in [0.1, 0.15) is 277 Å². The molecule has 368 valence electrons. The van der Waals surface area contributed by atoms with Crippen LogP contribution in [0.25, 0.3) is 0 Å². The molecular weight excluding hydrogens is 779 g/mol. The average Bonchev–Trinajstić information content (AvgIpc) is 3.28. The first kappa shape index (κ1) is 60.8. The Morgan fingerprint density at radius 3 is 1.25 bits per heavy atom. The Kier molecular flexibility index (Phi) is 50.6. The number of hydrogen-bond donors (Lipinski definition) is 3. The Morgan fingerprint density at radius 2 is 0.794 bits per heavy atom. The van der Waals surface area contributed by atoms with Gasteiger partial charge in [-0.15, -0.1) is 0 Å². The van der Waals surface area contributed by atoms with Gasteiger partial charge in [0.1, 0.15) is 0 Å². The van der Waals surface area contributed by atoms with Crippen molar-refractivity contribution in [3.8, 4) is 0 Å². The summed E-state index contributed by atoms with van der Waals surface area (Å²) in [5, 5.41) is 23.0. The topological polar surface area (TPSA) is 95.9 Å². The molecule has 0 aliphatic heterocycles. The summed E-state index contributed by atoms with van der Waals surface area (Å²) < 4.78 is 5.45. The number of esters is 1. The Balaban J connectivity index is 3.47. The molecule has 0 saturated heterocycles. The Hall–Kier alpha value is -2.18. The van der Waals surface area contributed by atoms with Gasteiger partial charge in [-0.2, -0.15) is 0 Å². The molecule has 0 bridgehead atoms. The quantitative estimate of drug-likeness (QED) is 0.0321. The van der Waals surface area contributed by atoms with Crippen molar-refractivity contribution in [2.45, 2.75) is 289 Å². The fourth-order valence-corrected chi connectivity index (χ4v) is 8.07. The third kappa shape index (κ3) is 49.1. The van der Waals surface area contributed by atoms with Gasteiger partial charge in [-0.25, -0.2) is 0 Å². The largest absolute Gasteiger partial charge is 0.466 e. The van der Waals surface area contributed by atoms with Crippen LogP contribution in [0.2, 0.25) is 0 Å². The van der Waals surface area contributed by atoms with Crippen molar-refractivity contribution < 1.29 is 24.5 Å². The number of carbonyl (C=O) groups excluding carboxylic acids is 2. The summed E-state index contributed by atoms with van der Waals surface area (Å²) in [6.45, 7) is 4.85. The third-order valence-corrected chi connectivity index (χ3v) is 12.3. The smallest absolute Gasteiger partial charge is 0.305 e. The number of allylic oxidation sites excluding steroid dienone is 7. The molecule has 0 aromatic carbocycles. The second-order valence-electron chi connectivity index (χ2n) is 18.5. The number of rotatable bonds is 50. The lowest BCUT2D eigenvalue weighted by Crippen LogP contribution is -2.45. The van der Waals surface area contributed by atoms with Gasteiger partial charge in [0.05, 0.1) is 25.4 Å². The van der Waals surface area contributed by atoms with Gasteiger partial charge in [0, 0.05) is 12.8 Å². The minimum atomic E-state index is -0.850. The van der Waals surface area contributed by atoms with E-state index in [1.807, 2.05) is 6.08 Å². The van der Waals surface area contributed by atoms with E-state index in [9.17, 15) is 19.8 Å². The lowest BCUT2D eigenvalue weighted by atomic mass is 10.1. The van der Waals surface area contributed by atoms with E-state index < -0.39 is 12.1 Å². The van der Waals surface area contributed by atoms with Crippen LogP contribution in [0, 0.1) is 0 Å². The van der Waals surface area contributed by atoms with Crippen LogP contribution < -0.4 is 5.32 Å². The van der Waals surface area contributed by atoms with E-state index in [1.54, 1.807) is 6.08 Å². The summed E-state index contributed by atoms with van der Waals surface area (Å²) >= 11 is 0. The lowest BCUT2D eigenvalue weighted by molar-refractivity contribution is -0.143. The zero-order chi connectivity index (χ0) is 45.8. The molecule has 0 radical (unpaired) electrons. The first-order valence-electron chi connectivity index (χ1n) is 27.4. The summed E-state index contributed by atoms with van der Waals surface area (Å²) in [7, 11) is 0. The monoisotopic (exact) mass is 884 g/mol. The van der Waals surface area contributed by atoms with E-state index >= 15 is 0 Å². The van der Waals surface area contributed by atoms with Crippen molar-refractivity contribution in [3.63, 3.8) is 0 Å². The van der Waals surface area contributed by atoms with Gasteiger partial charge in [-0.05, 0) is 89.9 Å². The molecule has 2 unspecified atom stereocenters. The summed E-state index contributed by atoms with van der Waals surface area (Å²) in [5.41, 5.74) is 0. The van der Waals surface area contributed by atoms with Gasteiger partial charge >= 0.3 is 5.97 Å². The van der Waals surface area contributed by atoms with E-state index in [2.05, 4.69) is 55.6 Å². The molecule has 1 amide bonds. The van der Waals surface area contributed by atoms with Gasteiger partial charge in [0.25, 0.3) is 0 Å². The van der Waals surface area contributed by atoms with Crippen LogP contribution in [-0.4, -0.2) is 47.4 Å². The van der Waals surface area contributed by atoms with Crippen LogP contribution in [0.5, 0.6) is 0 Å². The Labute approximate surface area is 391 Å². The predicted octanol–water partition coefficient (Wildman–Crippen LogP) is 16.6. The van der Waals surface area contributed by atoms with Crippen molar-refractivity contribution in [2.24, 2.45) is 0 Å². The van der Waals surface area contributed by atoms with Crippen molar-refractivity contribution >= 4 is 11.9 Å². The number of nitrogens with one attached hydrogen (secondary N) is 1. The molecule has 0 rings (SSSR count). The molecule has 0 fully saturated rings. The van der Waals surface area contributed by atoms with Gasteiger partial charge in [0.2, 0.25) is 5.91 Å². The van der Waals surface area contributed by atoms with Crippen molar-refractivity contribution in [1.29, 1.82) is 0 Å². The zero-order valence-corrected chi connectivity index (χ0v) is 41.8. The molecule has 6 nitrogen and oxygen atoms in total. The van der Waals surface area contributed by atoms with E-state index in [0.29, 0.717) is 19.4 Å². The summed E-state index contributed by atoms with van der Waals surface area (Å²) in [6.07, 6.45) is 65.6. The third-order valence-electron chi connectivity index (χ3n) is 12.3. The van der Waals surface area contributed by atoms with E-state index in [-0.39, 0.29) is 18.5 Å². The maximum Gasteiger partial charge on any atom is 0.305 e. The molecule has 2 atom stereocenters. The van der Waals surface area contributed by atoms with Crippen LogP contribution in [0.15, 0.2) is 48.6 Å². The number of hydrogen-bond acceptors (Lipinski definition) is 5. The number of carbonyl (C=O) groups is 2. The highest BCUT2D eigenvalue weighted by Gasteiger charge is 2.18. The zero-order valence-electron chi connectivity index (χ0n) is 41.8. The maximum absolute atomic E-state index is 12.4. The van der Waals surface area contributed by atoms with E-state index in [1.165, 1.54) is 186 Å². The summed E-state index contributed by atoms with van der Waals surface area (Å²) in [6, 6.07) is -0.634. The predicted molar refractivity (Wildman–Crippen MR) is 273 cm³/mol. The van der Waals surface area contributed by atoms with Crippen LogP contribution in [0.4, 0.5) is 0 Å². The Morgan fingerprint density at radius 1 is 0.444 bits per heavy atom. The highest BCUT2D eigenvalue weighted by atomic mass is 16.5. The molecule has 0 aliphatic carbocycles. The number of ether oxygens (including phenoxy) is 1. The molecule has 0 aromatic heterocycles. The fraction of sp³-hybridized carbons (Fsp3) is 0.825. The summed E-state index contributed by atoms with van der Waals surface area (Å²) in [4.78, 5) is 24.4. The van der Waals surface area contributed by atoms with Crippen LogP contribution in [0.3, 0.4) is 0 Å². The molecule has 3 N–H and O–H groups in total. The molecule has 0 spiro atoms. The minimum Gasteiger partial charge on any atom is -0.466 e. The summed E-state index contributed by atoms with van der Waals surface area (Å²) in [5.74, 6) is -0.0853. The van der Waals surface area contributed by atoms with Gasteiger partial charge in [-0.1, -0.05) is 223 Å². The number of aliphatic hydroxyl groups is 2. The van der Waals surface area contributed by atoms with Crippen molar-refractivity contribution in [3.05, 3.63) is 48.6 Å². The minimum absolute atomic E-state index is 0.00450. The molecule has 63 heavy (non-hydrogen) atoms. The SMILES string of the molecule is CCCCC/C=C\CCCCCCCC(=O)OCCCCCCCCCCC/C=C\C/C=C\CCCCCCCCCC(=O)NC(CO)C(O)/C=C/CCCCCCCCCCC. The van der Waals surface area contributed by atoms with Crippen LogP contribution in [-0.2, 0) is 14.3 Å². The van der Waals surface area contributed by atoms with Gasteiger partial charge in [0.15, 0.2) is 0 Å². The molecule has 0 heterocycles. The molecule has 0 saturated carbocycles. The Bertz CT molecular complexity index is 1070. The van der Waals surface area contributed by atoms with Crippen molar-refractivity contribution in [1.82, 2.24) is 5.32 Å². The first-order chi connectivity index (χ1) is 31.0. The maximum atomic E-state index is 12.4. The van der Waals surface area contributed by atoms with E-state index in [4.69, 9.17) is 4.74 Å². The highest BCUT2D eigenvalue weighted by Crippen LogP contribution is 2.15. The van der Waals surface area contributed by atoms with Gasteiger partial charge < -0.3 is 20.3 Å². The fourth-order valence-electron chi connectivity index (χ4n) is 8.07. The molecule has 0 aromatic rings. The molecule has 0 aliphatic rings. The van der Waals surface area contributed by atoms with Crippen molar-refractivity contribution in [2.75, 3.05) is 13.2 Å². The average molecular weight is 884 g/mol. The second-order valence-corrected chi connectivity index (χ2v) is 18.5. The standard InChI is InChI=1S/C57H105NO5/c1-3-5-7-9-11-13-15-31-35-39-43-47-51-57(62)63-52-48-44-40-36-32-28-26-24-22-20-18-16-17-19-21-23-25-27-30-34-38-42-46-50-56(61)58-54(53-59)55(60)49-45-41-37-33-29-14-12-10-8-6-4-2/h11,13,16,18-19,21,45,49,54-55,59-60H,3-10,12,14-15,17,20,22-44,46-48,50-53H2,1-2H3,(H,58,61)/b13-11-,18-16-,21-19-,49-45+. The highest BCUT2D eigenvalue weighted by molar-refractivity contribution is 5.76. The number of aliphatic hydroxyl groups excluding tert-OH is 2. The second kappa shape index (κ2) is 52.4. The van der Waals surface area contributed by atoms with Crippen LogP contribution >= 0.6 is 0 Å². The molecule has 6 heteroatoms. The van der Waals surface area contributed by atoms with Gasteiger partial charge in [-0.3, -0.25) is 9.59 Å². The normalized spacial score (nSPS) is 13.0.